The Morgan fingerprint density at radius 1 is 1.42 bits per heavy atom. The van der Waals surface area contributed by atoms with Crippen LogP contribution in [0, 0.1) is 0 Å². The van der Waals surface area contributed by atoms with E-state index in [1.807, 2.05) is 0 Å². The standard InChI is InChI=1S/C8H8O4/c9-7(6-2-1-3-10-6)8-11-4-5-12-8/h1-3,8H,4-5H2. The molecule has 0 aromatic carbocycles. The summed E-state index contributed by atoms with van der Waals surface area (Å²) in [6.07, 6.45) is 0.679. The maximum atomic E-state index is 11.4. The first-order chi connectivity index (χ1) is 5.88. The molecule has 1 aromatic heterocycles. The topological polar surface area (TPSA) is 48.7 Å². The van der Waals surface area contributed by atoms with Crippen molar-refractivity contribution in [2.75, 3.05) is 13.2 Å². The highest BCUT2D eigenvalue weighted by atomic mass is 16.7. The van der Waals surface area contributed by atoms with Crippen molar-refractivity contribution in [3.05, 3.63) is 24.2 Å². The van der Waals surface area contributed by atoms with E-state index in [0.29, 0.717) is 13.2 Å². The molecule has 1 aliphatic heterocycles. The largest absolute Gasteiger partial charge is 0.461 e. The molecule has 0 N–H and O–H groups in total. The maximum Gasteiger partial charge on any atom is 0.253 e. The highest BCUT2D eigenvalue weighted by Crippen LogP contribution is 2.11. The molecule has 0 saturated carbocycles. The molecule has 64 valence electrons. The summed E-state index contributed by atoms with van der Waals surface area (Å²) < 4.78 is 14.9. The molecule has 0 aliphatic carbocycles. The minimum absolute atomic E-state index is 0.252. The molecule has 2 rings (SSSR count). The van der Waals surface area contributed by atoms with E-state index < -0.39 is 6.29 Å². The van der Waals surface area contributed by atoms with Crippen molar-refractivity contribution in [3.63, 3.8) is 0 Å². The van der Waals surface area contributed by atoms with E-state index in [-0.39, 0.29) is 11.5 Å². The van der Waals surface area contributed by atoms with E-state index in [2.05, 4.69) is 0 Å². The monoisotopic (exact) mass is 168 g/mol. The molecule has 0 spiro atoms. The lowest BCUT2D eigenvalue weighted by Crippen LogP contribution is -2.20. The summed E-state index contributed by atoms with van der Waals surface area (Å²) in [7, 11) is 0. The number of Topliss-reactive ketones (excluding diaryl/α,β-unsaturated/α-hetero) is 1. The summed E-state index contributed by atoms with van der Waals surface area (Å²) in [5, 5.41) is 0. The molecule has 0 atom stereocenters. The zero-order chi connectivity index (χ0) is 8.39. The van der Waals surface area contributed by atoms with Crippen LogP contribution in [-0.4, -0.2) is 25.3 Å². The molecule has 1 fully saturated rings. The van der Waals surface area contributed by atoms with Crippen molar-refractivity contribution in [2.45, 2.75) is 6.29 Å². The Hall–Kier alpha value is -1.13. The molecule has 1 aromatic rings. The Kier molecular flexibility index (Phi) is 1.93. The van der Waals surface area contributed by atoms with Gasteiger partial charge in [-0.1, -0.05) is 0 Å². The minimum atomic E-state index is -0.767. The van der Waals surface area contributed by atoms with Gasteiger partial charge in [0.1, 0.15) is 0 Å². The third-order valence-electron chi connectivity index (χ3n) is 1.60. The van der Waals surface area contributed by atoms with Crippen molar-refractivity contribution >= 4 is 5.78 Å². The zero-order valence-electron chi connectivity index (χ0n) is 6.36. The lowest BCUT2D eigenvalue weighted by molar-refractivity contribution is -0.0230. The first kappa shape index (κ1) is 7.52. The molecule has 0 bridgehead atoms. The summed E-state index contributed by atoms with van der Waals surface area (Å²) in [5.74, 6) is 0.0272. The number of furan rings is 1. The molecule has 12 heavy (non-hydrogen) atoms. The summed E-state index contributed by atoms with van der Waals surface area (Å²) in [5.41, 5.74) is 0. The maximum absolute atomic E-state index is 11.4. The minimum Gasteiger partial charge on any atom is -0.461 e. The number of carbonyl (C=O) groups excluding carboxylic acids is 1. The molecule has 0 unspecified atom stereocenters. The molecule has 2 heterocycles. The normalized spacial score (nSPS) is 18.3. The van der Waals surface area contributed by atoms with Gasteiger partial charge >= 0.3 is 0 Å². The van der Waals surface area contributed by atoms with Gasteiger partial charge in [-0.25, -0.2) is 0 Å². The number of rotatable bonds is 2. The first-order valence-electron chi connectivity index (χ1n) is 3.69. The number of hydrogen-bond acceptors (Lipinski definition) is 4. The fourth-order valence-electron chi connectivity index (χ4n) is 1.04. The van der Waals surface area contributed by atoms with Crippen LogP contribution in [0.15, 0.2) is 22.8 Å². The van der Waals surface area contributed by atoms with E-state index in [0.717, 1.165) is 0 Å². The van der Waals surface area contributed by atoms with Crippen LogP contribution in [0.25, 0.3) is 0 Å². The summed E-state index contributed by atoms with van der Waals surface area (Å²) in [4.78, 5) is 11.4. The third kappa shape index (κ3) is 1.26. The second-order valence-corrected chi connectivity index (χ2v) is 2.42. The van der Waals surface area contributed by atoms with Gasteiger partial charge in [0.2, 0.25) is 6.29 Å². The predicted octanol–water partition coefficient (Wildman–Crippen LogP) is 0.835. The average molecular weight is 168 g/mol. The Bertz CT molecular complexity index is 259. The third-order valence-corrected chi connectivity index (χ3v) is 1.60. The van der Waals surface area contributed by atoms with Crippen molar-refractivity contribution in [3.8, 4) is 0 Å². The number of carbonyl (C=O) groups is 1. The van der Waals surface area contributed by atoms with Gasteiger partial charge in [0, 0.05) is 0 Å². The Balaban J connectivity index is 2.09. The van der Waals surface area contributed by atoms with Gasteiger partial charge in [-0.2, -0.15) is 0 Å². The van der Waals surface area contributed by atoms with Gasteiger partial charge in [0.05, 0.1) is 19.5 Å². The van der Waals surface area contributed by atoms with Gasteiger partial charge in [-0.3, -0.25) is 4.79 Å². The summed E-state index contributed by atoms with van der Waals surface area (Å²) in [6, 6.07) is 3.25. The van der Waals surface area contributed by atoms with Crippen molar-refractivity contribution < 1.29 is 18.7 Å². The van der Waals surface area contributed by atoms with Gasteiger partial charge in [-0.05, 0) is 12.1 Å². The lowest BCUT2D eigenvalue weighted by Gasteiger charge is -2.03. The van der Waals surface area contributed by atoms with Crippen molar-refractivity contribution in [1.29, 1.82) is 0 Å². The van der Waals surface area contributed by atoms with E-state index in [1.165, 1.54) is 6.26 Å². The molecule has 0 radical (unpaired) electrons. The highest BCUT2D eigenvalue weighted by molar-refractivity contribution is 5.96. The second-order valence-electron chi connectivity index (χ2n) is 2.42. The van der Waals surface area contributed by atoms with E-state index in [9.17, 15) is 4.79 Å². The van der Waals surface area contributed by atoms with Crippen LogP contribution in [0.4, 0.5) is 0 Å². The van der Waals surface area contributed by atoms with Gasteiger partial charge in [-0.15, -0.1) is 0 Å². The summed E-state index contributed by atoms with van der Waals surface area (Å²) >= 11 is 0. The fraction of sp³-hybridized carbons (Fsp3) is 0.375. The van der Waals surface area contributed by atoms with Crippen LogP contribution >= 0.6 is 0 Å². The van der Waals surface area contributed by atoms with Crippen LogP contribution in [0.3, 0.4) is 0 Å². The molecular formula is C8H8O4. The van der Waals surface area contributed by atoms with E-state index in [1.54, 1.807) is 12.1 Å². The van der Waals surface area contributed by atoms with Crippen LogP contribution in [0.2, 0.25) is 0 Å². The van der Waals surface area contributed by atoms with E-state index in [4.69, 9.17) is 13.9 Å². The van der Waals surface area contributed by atoms with Gasteiger partial charge < -0.3 is 13.9 Å². The second kappa shape index (κ2) is 3.08. The average Bonchev–Trinajstić information content (AvgIpc) is 2.77. The smallest absolute Gasteiger partial charge is 0.253 e. The Labute approximate surface area is 69.1 Å². The molecule has 4 heteroatoms. The quantitative estimate of drug-likeness (QED) is 0.614. The van der Waals surface area contributed by atoms with Crippen molar-refractivity contribution in [1.82, 2.24) is 0 Å². The van der Waals surface area contributed by atoms with E-state index >= 15 is 0 Å². The zero-order valence-corrected chi connectivity index (χ0v) is 6.36. The van der Waals surface area contributed by atoms with Gasteiger partial charge in [0.15, 0.2) is 5.76 Å². The van der Waals surface area contributed by atoms with Gasteiger partial charge in [0.25, 0.3) is 5.78 Å². The van der Waals surface area contributed by atoms with Crippen LogP contribution in [0.1, 0.15) is 10.6 Å². The Morgan fingerprint density at radius 3 is 2.75 bits per heavy atom. The number of ether oxygens (including phenoxy) is 2. The molecular weight excluding hydrogens is 160 g/mol. The molecule has 1 aliphatic rings. The SMILES string of the molecule is O=C(c1ccco1)C1OCCO1. The van der Waals surface area contributed by atoms with Crippen molar-refractivity contribution in [2.24, 2.45) is 0 Å². The Morgan fingerprint density at radius 2 is 2.17 bits per heavy atom. The lowest BCUT2D eigenvalue weighted by atomic mass is 10.3. The molecule has 0 amide bonds. The fourth-order valence-corrected chi connectivity index (χ4v) is 1.04. The molecule has 1 saturated heterocycles. The highest BCUT2D eigenvalue weighted by Gasteiger charge is 2.27. The number of ketones is 1. The van der Waals surface area contributed by atoms with Crippen LogP contribution in [-0.2, 0) is 9.47 Å². The first-order valence-corrected chi connectivity index (χ1v) is 3.69. The molecule has 4 nitrogen and oxygen atoms in total. The van der Waals surface area contributed by atoms with Crippen LogP contribution < -0.4 is 0 Å². The van der Waals surface area contributed by atoms with Crippen LogP contribution in [0.5, 0.6) is 0 Å². The number of hydrogen-bond donors (Lipinski definition) is 0. The summed E-state index contributed by atoms with van der Waals surface area (Å²) in [6.45, 7) is 0.939. The predicted molar refractivity (Wildman–Crippen MR) is 38.7 cm³/mol.